The summed E-state index contributed by atoms with van der Waals surface area (Å²) < 4.78 is 5.46. The number of carbonyl (C=O) groups excluding carboxylic acids is 5. The van der Waals surface area contributed by atoms with Gasteiger partial charge in [-0.25, -0.2) is 14.4 Å². The first-order chi connectivity index (χ1) is 38.1. The van der Waals surface area contributed by atoms with Gasteiger partial charge >= 0.3 is 320 Å². The Morgan fingerprint density at radius 2 is 0.951 bits per heavy atom. The molecule has 0 spiro atoms. The molecule has 5 amide bonds. The van der Waals surface area contributed by atoms with Crippen molar-refractivity contribution in [2.45, 2.75) is 102 Å². The molecule has 0 bridgehead atoms. The predicted molar refractivity (Wildman–Crippen MR) is 542 cm³/mol. The van der Waals surface area contributed by atoms with Gasteiger partial charge in [-0.05, 0) is 93.3 Å². The minimum absolute atomic E-state index is 0. The van der Waals surface area contributed by atoms with Crippen molar-refractivity contribution in [1.82, 2.24) is 29.8 Å². The van der Waals surface area contributed by atoms with Crippen LogP contribution in [0.5, 0.6) is 0 Å². The Kier molecular flexibility index (Phi) is 43.9. The third-order valence-corrected chi connectivity index (χ3v) is 1500. The number of hydrogen-bond acceptors (Lipinski definition) is 9. The summed E-state index contributed by atoms with van der Waals surface area (Å²) in [4.78, 5) is 82.0. The molecule has 1 N–H and O–H groups in total. The van der Waals surface area contributed by atoms with E-state index in [4.69, 9.17) is 4.74 Å². The molecular formula is C45H63ClI22N8O6. The summed E-state index contributed by atoms with van der Waals surface area (Å²) in [6, 6.07) is 8.91. The first kappa shape index (κ1) is 84.2. The minimum atomic E-state index is -0.447. The summed E-state index contributed by atoms with van der Waals surface area (Å²) in [7, 11) is -0.646. The van der Waals surface area contributed by atoms with Gasteiger partial charge in [-0.3, -0.25) is 19.6 Å². The van der Waals surface area contributed by atoms with E-state index >= 15 is 0 Å². The molecule has 0 unspecified atom stereocenters. The average molecular weight is 3640 g/mol. The van der Waals surface area contributed by atoms with Crippen molar-refractivity contribution >= 4 is 356 Å². The molecule has 82 heavy (non-hydrogen) atoms. The van der Waals surface area contributed by atoms with E-state index in [1.165, 1.54) is 31.4 Å². The van der Waals surface area contributed by atoms with Crippen molar-refractivity contribution in [1.29, 1.82) is 0 Å². The van der Waals surface area contributed by atoms with Crippen LogP contribution in [0.1, 0.15) is 77.2 Å². The second kappa shape index (κ2) is 42.8. The van der Waals surface area contributed by atoms with Crippen LogP contribution in [0, 0.1) is 11.8 Å². The number of halogens is 23. The van der Waals surface area contributed by atoms with Gasteiger partial charge in [-0.1, -0.05) is 37.8 Å². The Bertz CT molecular complexity index is 2430. The summed E-state index contributed by atoms with van der Waals surface area (Å²) in [5.74, 6) is 1.49. The molecule has 2 aliphatic carbocycles. The average Bonchev–Trinajstić information content (AvgIpc) is 4.41. The van der Waals surface area contributed by atoms with Gasteiger partial charge in [-0.2, -0.15) is 0 Å². The number of benzene rings is 1. The van der Waals surface area contributed by atoms with Crippen molar-refractivity contribution in [2.24, 2.45) is 21.8 Å². The molecule has 4 saturated heterocycles. The van der Waals surface area contributed by atoms with Crippen LogP contribution >= 0.6 is 315 Å². The molecule has 480 valence electrons. The van der Waals surface area contributed by atoms with E-state index in [1.54, 1.807) is 33.7 Å². The van der Waals surface area contributed by atoms with Crippen LogP contribution in [-0.2, 0) is 20.9 Å². The van der Waals surface area contributed by atoms with Crippen LogP contribution in [0.15, 0.2) is 63.6 Å². The van der Waals surface area contributed by atoms with E-state index in [9.17, 15) is 24.0 Å². The number of aliphatic imine (C=N–C) groups is 2. The third-order valence-electron chi connectivity index (χ3n) is 13.6. The van der Waals surface area contributed by atoms with Gasteiger partial charge in [0.05, 0.1) is 13.1 Å². The van der Waals surface area contributed by atoms with Gasteiger partial charge in [0, 0.05) is 88.5 Å². The molecule has 2 saturated carbocycles. The predicted octanol–water partition coefficient (Wildman–Crippen LogP) is 25.0. The van der Waals surface area contributed by atoms with Crippen LogP contribution in [-0.4, -0.2) is 156 Å². The number of allylic oxidation sites excluding steroid dienone is 2. The van der Waals surface area contributed by atoms with Crippen molar-refractivity contribution in [3.63, 3.8) is 0 Å². The van der Waals surface area contributed by atoms with Crippen LogP contribution in [0.4, 0.5) is 14.4 Å². The fourth-order valence-electron chi connectivity index (χ4n) is 9.45. The number of amides is 5. The molecule has 1 aromatic rings. The van der Waals surface area contributed by atoms with Gasteiger partial charge in [0.1, 0.15) is 18.7 Å². The molecule has 6 aliphatic heterocycles. The third kappa shape index (κ3) is 25.8. The number of urea groups is 2. The molecular weight excluding hydrogens is 3580 g/mol. The van der Waals surface area contributed by atoms with Gasteiger partial charge in [-0.15, -0.1) is 12.4 Å². The number of piperidine rings is 2. The van der Waals surface area contributed by atoms with Crippen LogP contribution in [0.3, 0.4) is 0 Å². The van der Waals surface area contributed by atoms with Gasteiger partial charge < -0.3 is 34.6 Å². The van der Waals surface area contributed by atoms with E-state index in [2.05, 4.69) is 251 Å². The Hall–Kier alpha value is 11.5. The Labute approximate surface area is 644 Å². The zero-order valence-electron chi connectivity index (χ0n) is 42.7. The molecule has 0 radical (unpaired) electrons. The number of hydrogen-bond donors (Lipinski definition) is 1. The Balaban J connectivity index is 0.000000230. The Morgan fingerprint density at radius 3 is 1.33 bits per heavy atom. The van der Waals surface area contributed by atoms with E-state index < -0.39 is 85.0 Å². The van der Waals surface area contributed by atoms with E-state index in [0.29, 0.717) is 76.8 Å². The first-order valence-electron chi connectivity index (χ1n) is 24.4. The number of carbonyl (C=O) groups is 5. The molecule has 6 heterocycles. The molecule has 0 aromatic heterocycles. The monoisotopic (exact) mass is 3640 g/mol. The zero-order chi connectivity index (χ0) is 58.1. The van der Waals surface area contributed by atoms with E-state index in [1.807, 2.05) is 35.2 Å². The SMILES string of the molecule is C.CN1C[C@H](C(=O)CC2=CC(C3CC3)=NC2)N(C2CCN(C(=O)OCc3ccccc3)CC2)C1=O.CN1C[C@H](C(=O)CC2=CC(C3CC3)=NC2)N(C2CCNCC2)C1=O.Cl.II(I)I(I)I(I)I(I)I(I)I(I)I(I)I(I)I(I)I(I)I. The number of nitrogens with zero attached hydrogens (tertiary/aromatic N) is 7. The second-order valence-electron chi connectivity index (χ2n) is 19.0. The van der Waals surface area contributed by atoms with Crippen molar-refractivity contribution in [3.05, 3.63) is 59.2 Å². The summed E-state index contributed by atoms with van der Waals surface area (Å²) >= 11 is 36.7. The van der Waals surface area contributed by atoms with Crippen LogP contribution in [0.25, 0.3) is 0 Å². The summed E-state index contributed by atoms with van der Waals surface area (Å²) in [6.45, 7) is 5.32. The number of rotatable bonds is 21. The molecule has 37 heteroatoms. The zero-order valence-corrected chi connectivity index (χ0v) is 91.0. The molecule has 8 aliphatic rings. The number of Topliss-reactive ketones (excluding diaryl/α,β-unsaturated/α-hetero) is 2. The second-order valence-corrected chi connectivity index (χ2v) is 506. The molecule has 9 rings (SSSR count). The maximum absolute atomic E-state index is 13.2. The van der Waals surface area contributed by atoms with Crippen LogP contribution in [0.2, 0.25) is 0 Å². The number of nitrogens with one attached hydrogen (secondary N) is 1. The van der Waals surface area contributed by atoms with Gasteiger partial charge in [0.15, 0.2) is 11.6 Å². The van der Waals surface area contributed by atoms with Crippen molar-refractivity contribution in [2.75, 3.05) is 66.5 Å². The normalized spacial score (nSPS) is 22.8. The van der Waals surface area contributed by atoms with Crippen molar-refractivity contribution in [3.8, 4) is 0 Å². The fourth-order valence-corrected chi connectivity index (χ4v) is 3360. The number of likely N-dealkylation sites (tertiary alicyclic amines) is 1. The molecule has 14 nitrogen and oxygen atoms in total. The van der Waals surface area contributed by atoms with Crippen LogP contribution < -0.4 is 5.32 Å². The quantitative estimate of drug-likeness (QED) is 0.121. The molecule has 6 fully saturated rings. The Morgan fingerprint density at radius 1 is 0.573 bits per heavy atom. The van der Waals surface area contributed by atoms with Gasteiger partial charge in [0.2, 0.25) is 0 Å². The number of likely N-dealkylation sites (N-methyl/N-ethyl adjacent to an activating group) is 2. The van der Waals surface area contributed by atoms with Crippen molar-refractivity contribution < 1.29 is 28.7 Å². The summed E-state index contributed by atoms with van der Waals surface area (Å²) in [5.41, 5.74) is 5.46. The summed E-state index contributed by atoms with van der Waals surface area (Å²) in [6.07, 6.45) is 12.7. The topological polar surface area (TPSA) is 148 Å². The number of ketones is 2. The molecule has 1 aromatic carbocycles. The standard InChI is InChI=1S/C26H32N4O4.C18H26N4O2.CH4.ClH.I22/c1-28-16-23(24(31)14-19-13-22(27-15-19)20-7-8-20)30(25(28)32)21-9-11-29(12-10-21)26(33)34-17-18-5-3-2-4-6-18;1-21-11-16(22(18(21)24)14-4-6-19-7-5-14)17(23)9-12-8-15(20-10-12)13-2-3-13;;;1-13(2)15(5)17(7)19(9)21(11)22(12)20(10)18(8)16(6)14(3)4/h2-6,13,20-21,23H,7-12,14-17H2,1H3;8,13-14,16,19H,2-7,9-11H2,1H3;1H4;1H;/t23-;16-;;;/m11.../s1. The van der Waals surface area contributed by atoms with Gasteiger partial charge in [0.25, 0.3) is 0 Å². The summed E-state index contributed by atoms with van der Waals surface area (Å²) in [5, 5.41) is 3.33. The first-order valence-corrected chi connectivity index (χ1v) is 156. The van der Waals surface area contributed by atoms with E-state index in [-0.39, 0.29) is 74.3 Å². The maximum atomic E-state index is 13.2. The van der Waals surface area contributed by atoms with E-state index in [0.717, 1.165) is 48.4 Å². The number of ether oxygens (including phenoxy) is 1. The molecule has 2 atom stereocenters. The fraction of sp³-hybridized carbons (Fsp3) is 0.622.